The number of rotatable bonds is 7. The minimum Gasteiger partial charge on any atom is -0.354 e. The summed E-state index contributed by atoms with van der Waals surface area (Å²) in [6.45, 7) is 1.11. The van der Waals surface area contributed by atoms with Gasteiger partial charge in [-0.15, -0.1) is 0 Å². The molecule has 26 heavy (non-hydrogen) atoms. The van der Waals surface area contributed by atoms with Gasteiger partial charge in [-0.25, -0.2) is 9.97 Å². The van der Waals surface area contributed by atoms with Crippen molar-refractivity contribution in [1.82, 2.24) is 20.3 Å². The van der Waals surface area contributed by atoms with Crippen molar-refractivity contribution in [3.63, 3.8) is 0 Å². The molecule has 0 spiro atoms. The van der Waals surface area contributed by atoms with Crippen LogP contribution in [-0.2, 0) is 13.0 Å². The zero-order valence-electron chi connectivity index (χ0n) is 14.0. The third kappa shape index (κ3) is 5.26. The summed E-state index contributed by atoms with van der Waals surface area (Å²) >= 11 is 5.97. The van der Waals surface area contributed by atoms with Gasteiger partial charge in [0.1, 0.15) is 0 Å². The molecule has 0 aliphatic rings. The van der Waals surface area contributed by atoms with E-state index in [1.807, 2.05) is 36.4 Å². The molecule has 0 saturated carbocycles. The Morgan fingerprint density at radius 2 is 1.81 bits per heavy atom. The van der Waals surface area contributed by atoms with E-state index >= 15 is 0 Å². The minimum absolute atomic E-state index is 0.215. The average molecular weight is 368 g/mol. The monoisotopic (exact) mass is 367 g/mol. The van der Waals surface area contributed by atoms with Gasteiger partial charge in [0.15, 0.2) is 0 Å². The van der Waals surface area contributed by atoms with Gasteiger partial charge < -0.3 is 10.6 Å². The van der Waals surface area contributed by atoms with Gasteiger partial charge in [-0.05, 0) is 41.8 Å². The molecule has 6 nitrogen and oxygen atoms in total. The molecule has 0 fully saturated rings. The Hall–Kier alpha value is -2.99. The maximum Gasteiger partial charge on any atom is 0.254 e. The second kappa shape index (κ2) is 8.92. The van der Waals surface area contributed by atoms with Crippen LogP contribution in [0.1, 0.15) is 21.5 Å². The second-order valence-corrected chi connectivity index (χ2v) is 6.08. The van der Waals surface area contributed by atoms with Gasteiger partial charge in [0.05, 0.1) is 5.56 Å². The molecule has 2 aromatic heterocycles. The van der Waals surface area contributed by atoms with Crippen LogP contribution >= 0.6 is 11.6 Å². The highest BCUT2D eigenvalue weighted by Gasteiger charge is 2.07. The molecule has 0 aliphatic heterocycles. The Balaban J connectivity index is 1.47. The maximum atomic E-state index is 12.1. The molecule has 0 atom stereocenters. The number of carbonyl (C=O) groups excluding carboxylic acids is 1. The van der Waals surface area contributed by atoms with Gasteiger partial charge >= 0.3 is 0 Å². The lowest BCUT2D eigenvalue weighted by molar-refractivity contribution is 0.0950. The lowest BCUT2D eigenvalue weighted by Gasteiger charge is -2.07. The molecule has 132 valence electrons. The van der Waals surface area contributed by atoms with Crippen LogP contribution in [-0.4, -0.2) is 27.4 Å². The average Bonchev–Trinajstić information content (AvgIpc) is 2.67. The van der Waals surface area contributed by atoms with E-state index in [1.54, 1.807) is 12.4 Å². The zero-order valence-corrected chi connectivity index (χ0v) is 14.8. The quantitative estimate of drug-likeness (QED) is 0.670. The minimum atomic E-state index is -0.215. The summed E-state index contributed by atoms with van der Waals surface area (Å²) in [5.74, 6) is 0.269. The first-order valence-corrected chi connectivity index (χ1v) is 8.56. The van der Waals surface area contributed by atoms with Gasteiger partial charge in [0.25, 0.3) is 5.91 Å². The van der Waals surface area contributed by atoms with Crippen LogP contribution < -0.4 is 10.6 Å². The maximum absolute atomic E-state index is 12.1. The number of nitrogens with one attached hydrogen (secondary N) is 2. The Bertz CT molecular complexity index is 855. The third-order valence-electron chi connectivity index (χ3n) is 3.70. The van der Waals surface area contributed by atoms with Crippen molar-refractivity contribution in [3.05, 3.63) is 82.9 Å². The van der Waals surface area contributed by atoms with Gasteiger partial charge in [-0.3, -0.25) is 9.78 Å². The number of pyridine rings is 1. The highest BCUT2D eigenvalue weighted by Crippen LogP contribution is 2.11. The molecule has 0 bridgehead atoms. The molecule has 0 unspecified atom stereocenters. The highest BCUT2D eigenvalue weighted by molar-refractivity contribution is 6.30. The number of hydrogen-bond donors (Lipinski definition) is 2. The van der Waals surface area contributed by atoms with Crippen LogP contribution in [0.25, 0.3) is 0 Å². The summed E-state index contributed by atoms with van der Waals surface area (Å²) < 4.78 is 0. The van der Waals surface area contributed by atoms with Crippen molar-refractivity contribution in [2.75, 3.05) is 11.9 Å². The van der Waals surface area contributed by atoms with Gasteiger partial charge in [0.2, 0.25) is 5.95 Å². The summed E-state index contributed by atoms with van der Waals surface area (Å²) in [6, 6.07) is 11.4. The Kier molecular flexibility index (Phi) is 6.11. The van der Waals surface area contributed by atoms with Crippen molar-refractivity contribution in [2.45, 2.75) is 13.0 Å². The number of carbonyl (C=O) groups is 1. The molecular weight excluding hydrogens is 350 g/mol. The van der Waals surface area contributed by atoms with Crippen LogP contribution in [0.5, 0.6) is 0 Å². The Morgan fingerprint density at radius 3 is 2.54 bits per heavy atom. The summed E-state index contributed by atoms with van der Waals surface area (Å²) in [5.41, 5.74) is 2.53. The van der Waals surface area contributed by atoms with Crippen molar-refractivity contribution < 1.29 is 4.79 Å². The summed E-state index contributed by atoms with van der Waals surface area (Å²) in [6.07, 6.45) is 7.20. The number of nitrogens with zero attached hydrogens (tertiary/aromatic N) is 3. The van der Waals surface area contributed by atoms with E-state index in [1.165, 1.54) is 12.4 Å². The number of halogens is 1. The lowest BCUT2D eigenvalue weighted by atomic mass is 10.1. The molecule has 0 saturated heterocycles. The fourth-order valence-electron chi connectivity index (χ4n) is 2.33. The van der Waals surface area contributed by atoms with Crippen LogP contribution in [0.2, 0.25) is 5.02 Å². The molecular formula is C19H18ClN5O. The molecule has 1 aromatic carbocycles. The first-order chi connectivity index (χ1) is 12.7. The predicted octanol–water partition coefficient (Wildman–Crippen LogP) is 3.11. The molecule has 2 heterocycles. The molecule has 2 N–H and O–H groups in total. The van der Waals surface area contributed by atoms with E-state index in [9.17, 15) is 4.79 Å². The molecule has 0 aliphatic carbocycles. The Labute approximate surface area is 156 Å². The number of hydrogen-bond acceptors (Lipinski definition) is 5. The van der Waals surface area contributed by atoms with E-state index in [0.29, 0.717) is 24.6 Å². The number of benzene rings is 1. The van der Waals surface area contributed by atoms with Crippen LogP contribution in [0.15, 0.2) is 61.2 Å². The van der Waals surface area contributed by atoms with E-state index in [4.69, 9.17) is 11.6 Å². The topological polar surface area (TPSA) is 79.8 Å². The molecule has 3 aromatic rings. The van der Waals surface area contributed by atoms with E-state index in [0.717, 1.165) is 22.6 Å². The normalized spacial score (nSPS) is 10.3. The van der Waals surface area contributed by atoms with E-state index in [-0.39, 0.29) is 5.91 Å². The molecule has 3 rings (SSSR count). The van der Waals surface area contributed by atoms with Crippen LogP contribution in [0.3, 0.4) is 0 Å². The smallest absolute Gasteiger partial charge is 0.254 e. The van der Waals surface area contributed by atoms with E-state index in [2.05, 4.69) is 25.6 Å². The molecule has 0 radical (unpaired) electrons. The summed E-state index contributed by atoms with van der Waals surface area (Å²) in [7, 11) is 0. The lowest BCUT2D eigenvalue weighted by Crippen LogP contribution is -2.23. The summed E-state index contributed by atoms with van der Waals surface area (Å²) in [5, 5.41) is 6.68. The standard InChI is InChI=1S/C19H18ClN5O/c20-17-3-1-2-14(10-17)6-9-22-19-24-12-16(13-25-19)18(26)23-11-15-4-7-21-8-5-15/h1-5,7-8,10,12-13H,6,9,11H2,(H,23,26)(H,22,24,25). The zero-order chi connectivity index (χ0) is 18.2. The highest BCUT2D eigenvalue weighted by atomic mass is 35.5. The first-order valence-electron chi connectivity index (χ1n) is 8.18. The van der Waals surface area contributed by atoms with E-state index < -0.39 is 0 Å². The van der Waals surface area contributed by atoms with Crippen molar-refractivity contribution in [3.8, 4) is 0 Å². The first kappa shape index (κ1) is 17.8. The van der Waals surface area contributed by atoms with Crippen molar-refractivity contribution in [1.29, 1.82) is 0 Å². The second-order valence-electron chi connectivity index (χ2n) is 5.64. The van der Waals surface area contributed by atoms with Crippen molar-refractivity contribution in [2.24, 2.45) is 0 Å². The Morgan fingerprint density at radius 1 is 1.04 bits per heavy atom. The fourth-order valence-corrected chi connectivity index (χ4v) is 2.55. The fraction of sp³-hybridized carbons (Fsp3) is 0.158. The van der Waals surface area contributed by atoms with Gasteiger partial charge in [-0.1, -0.05) is 23.7 Å². The van der Waals surface area contributed by atoms with Crippen LogP contribution in [0, 0.1) is 0 Å². The number of aromatic nitrogens is 3. The predicted molar refractivity (Wildman–Crippen MR) is 101 cm³/mol. The molecule has 1 amide bonds. The van der Waals surface area contributed by atoms with Gasteiger partial charge in [0, 0.05) is 42.9 Å². The van der Waals surface area contributed by atoms with Crippen molar-refractivity contribution >= 4 is 23.5 Å². The largest absolute Gasteiger partial charge is 0.354 e. The molecule has 7 heteroatoms. The third-order valence-corrected chi connectivity index (χ3v) is 3.94. The SMILES string of the molecule is O=C(NCc1ccncc1)c1cnc(NCCc2cccc(Cl)c2)nc1. The summed E-state index contributed by atoms with van der Waals surface area (Å²) in [4.78, 5) is 24.4. The number of anilines is 1. The van der Waals surface area contributed by atoms with Gasteiger partial charge in [-0.2, -0.15) is 0 Å². The number of amides is 1. The van der Waals surface area contributed by atoms with Crippen LogP contribution in [0.4, 0.5) is 5.95 Å².